The fraction of sp³-hybridized carbons (Fsp3) is 0.417. The molecule has 2 aromatic rings. The van der Waals surface area contributed by atoms with E-state index in [1.807, 2.05) is 0 Å². The Morgan fingerprint density at radius 2 is 2.24 bits per heavy atom. The minimum Gasteiger partial charge on any atom is -0.397 e. The number of aromatic nitrogens is 4. The van der Waals surface area contributed by atoms with Crippen LogP contribution in [0.3, 0.4) is 0 Å². The quantitative estimate of drug-likeness (QED) is 0.844. The van der Waals surface area contributed by atoms with Gasteiger partial charge in [0, 0.05) is 12.1 Å². The Hall–Kier alpha value is -1.67. The van der Waals surface area contributed by atoms with Gasteiger partial charge in [-0.25, -0.2) is 13.1 Å². The van der Waals surface area contributed by atoms with Crippen LogP contribution in [0.25, 0.3) is 11.4 Å². The van der Waals surface area contributed by atoms with E-state index in [1.54, 1.807) is 22.9 Å². The number of hydrogen-bond donors (Lipinski definition) is 1. The Kier molecular flexibility index (Phi) is 3.58. The molecule has 0 radical (unpaired) electrons. The lowest BCUT2D eigenvalue weighted by atomic mass is 10.1. The van der Waals surface area contributed by atoms with E-state index in [0.29, 0.717) is 35.1 Å². The fourth-order valence-electron chi connectivity index (χ4n) is 2.51. The zero-order valence-electron chi connectivity index (χ0n) is 11.1. The van der Waals surface area contributed by atoms with Crippen LogP contribution < -0.4 is 5.73 Å². The number of sulfone groups is 1. The summed E-state index contributed by atoms with van der Waals surface area (Å²) in [7, 11) is -2.92. The average molecular weight is 328 g/mol. The van der Waals surface area contributed by atoms with Crippen LogP contribution >= 0.6 is 11.6 Å². The van der Waals surface area contributed by atoms with E-state index in [2.05, 4.69) is 15.5 Å². The summed E-state index contributed by atoms with van der Waals surface area (Å²) in [6.45, 7) is 0.452. The molecule has 3 rings (SSSR count). The zero-order valence-corrected chi connectivity index (χ0v) is 12.7. The number of anilines is 1. The molecule has 21 heavy (non-hydrogen) atoms. The van der Waals surface area contributed by atoms with Crippen LogP contribution in [0, 0.1) is 5.92 Å². The second kappa shape index (κ2) is 5.27. The zero-order chi connectivity index (χ0) is 15.0. The Labute approximate surface area is 127 Å². The van der Waals surface area contributed by atoms with Gasteiger partial charge in [0.2, 0.25) is 0 Å². The van der Waals surface area contributed by atoms with Crippen LogP contribution in [0.15, 0.2) is 18.2 Å². The van der Waals surface area contributed by atoms with E-state index in [4.69, 9.17) is 17.3 Å². The number of nitrogens with two attached hydrogens (primary N) is 1. The lowest BCUT2D eigenvalue weighted by Gasteiger charge is -2.11. The standard InChI is InChI=1S/C12H14ClN5O2S/c13-10-3-1-2-9(11(10)14)12-15-16-17-18(12)6-8-4-5-21(19,20)7-8/h1-3,8H,4-7,14H2. The van der Waals surface area contributed by atoms with Gasteiger partial charge in [-0.1, -0.05) is 17.7 Å². The lowest BCUT2D eigenvalue weighted by molar-refractivity contribution is 0.452. The predicted octanol–water partition coefficient (Wildman–Crippen LogP) is 1.01. The van der Waals surface area contributed by atoms with E-state index in [1.165, 1.54) is 0 Å². The molecule has 1 fully saturated rings. The van der Waals surface area contributed by atoms with Gasteiger partial charge in [0.15, 0.2) is 15.7 Å². The Balaban J connectivity index is 1.90. The van der Waals surface area contributed by atoms with Crippen molar-refractivity contribution in [3.05, 3.63) is 23.2 Å². The molecule has 0 amide bonds. The number of benzene rings is 1. The predicted molar refractivity (Wildman–Crippen MR) is 79.4 cm³/mol. The Morgan fingerprint density at radius 1 is 1.43 bits per heavy atom. The minimum atomic E-state index is -2.92. The highest BCUT2D eigenvalue weighted by Crippen LogP contribution is 2.30. The molecule has 1 unspecified atom stereocenters. The average Bonchev–Trinajstić information content (AvgIpc) is 3.00. The first-order valence-electron chi connectivity index (χ1n) is 6.47. The van der Waals surface area contributed by atoms with Crippen molar-refractivity contribution in [1.29, 1.82) is 0 Å². The van der Waals surface area contributed by atoms with Gasteiger partial charge in [0.25, 0.3) is 0 Å². The van der Waals surface area contributed by atoms with Crippen molar-refractivity contribution in [2.45, 2.75) is 13.0 Å². The third-order valence-corrected chi connectivity index (χ3v) is 5.75. The molecule has 2 N–H and O–H groups in total. The van der Waals surface area contributed by atoms with Gasteiger partial charge in [0.1, 0.15) is 0 Å². The lowest BCUT2D eigenvalue weighted by Crippen LogP contribution is -2.15. The monoisotopic (exact) mass is 327 g/mol. The number of rotatable bonds is 3. The molecule has 0 aliphatic carbocycles. The summed E-state index contributed by atoms with van der Waals surface area (Å²) in [5, 5.41) is 12.0. The van der Waals surface area contributed by atoms with E-state index < -0.39 is 9.84 Å². The molecule has 9 heteroatoms. The maximum atomic E-state index is 11.5. The summed E-state index contributed by atoms with van der Waals surface area (Å²) in [4.78, 5) is 0. The third-order valence-electron chi connectivity index (χ3n) is 3.58. The van der Waals surface area contributed by atoms with Crippen LogP contribution in [-0.2, 0) is 16.4 Å². The smallest absolute Gasteiger partial charge is 0.184 e. The second-order valence-corrected chi connectivity index (χ2v) is 7.79. The number of nitrogens with zero attached hydrogens (tertiary/aromatic N) is 4. The van der Waals surface area contributed by atoms with Crippen LogP contribution in [0.5, 0.6) is 0 Å². The summed E-state index contributed by atoms with van der Waals surface area (Å²) in [6.07, 6.45) is 0.632. The van der Waals surface area contributed by atoms with E-state index in [-0.39, 0.29) is 17.4 Å². The summed E-state index contributed by atoms with van der Waals surface area (Å²) in [5.41, 5.74) is 7.02. The van der Waals surface area contributed by atoms with Gasteiger partial charge in [-0.2, -0.15) is 0 Å². The molecule has 1 saturated heterocycles. The molecular formula is C12H14ClN5O2S. The summed E-state index contributed by atoms with van der Waals surface area (Å²) < 4.78 is 24.6. The molecule has 0 saturated carbocycles. The third kappa shape index (κ3) is 2.86. The molecule has 1 aliphatic rings. The summed E-state index contributed by atoms with van der Waals surface area (Å²) in [6, 6.07) is 5.25. The Morgan fingerprint density at radius 3 is 2.95 bits per heavy atom. The van der Waals surface area contributed by atoms with Gasteiger partial charge in [-0.15, -0.1) is 5.10 Å². The largest absolute Gasteiger partial charge is 0.397 e. The van der Waals surface area contributed by atoms with Gasteiger partial charge < -0.3 is 5.73 Å². The molecular weight excluding hydrogens is 314 g/mol. The molecule has 0 spiro atoms. The van der Waals surface area contributed by atoms with Crippen LogP contribution in [0.2, 0.25) is 5.02 Å². The molecule has 7 nitrogen and oxygen atoms in total. The number of hydrogen-bond acceptors (Lipinski definition) is 6. The molecule has 0 bridgehead atoms. The minimum absolute atomic E-state index is 0.0256. The molecule has 2 heterocycles. The number of tetrazole rings is 1. The van der Waals surface area contributed by atoms with Crippen LogP contribution in [-0.4, -0.2) is 40.1 Å². The highest BCUT2D eigenvalue weighted by Gasteiger charge is 2.29. The van der Waals surface area contributed by atoms with Crippen molar-refractivity contribution in [1.82, 2.24) is 20.2 Å². The molecule has 112 valence electrons. The molecule has 1 aromatic carbocycles. The van der Waals surface area contributed by atoms with Crippen molar-refractivity contribution in [3.8, 4) is 11.4 Å². The maximum absolute atomic E-state index is 11.5. The van der Waals surface area contributed by atoms with Crippen molar-refractivity contribution in [3.63, 3.8) is 0 Å². The van der Waals surface area contributed by atoms with Crippen molar-refractivity contribution >= 4 is 27.1 Å². The summed E-state index contributed by atoms with van der Waals surface area (Å²) in [5.74, 6) is 0.933. The second-order valence-electron chi connectivity index (χ2n) is 5.15. The SMILES string of the molecule is Nc1c(Cl)cccc1-c1nnnn1CC1CCS(=O)(=O)C1. The number of nitrogen functional groups attached to an aromatic ring is 1. The first-order chi connectivity index (χ1) is 9.96. The first-order valence-corrected chi connectivity index (χ1v) is 8.67. The van der Waals surface area contributed by atoms with Gasteiger partial charge >= 0.3 is 0 Å². The topological polar surface area (TPSA) is 104 Å². The highest BCUT2D eigenvalue weighted by atomic mass is 35.5. The first kappa shape index (κ1) is 14.3. The van der Waals surface area contributed by atoms with E-state index in [0.717, 1.165) is 0 Å². The molecule has 1 atom stereocenters. The number of para-hydroxylation sites is 1. The van der Waals surface area contributed by atoms with Crippen molar-refractivity contribution < 1.29 is 8.42 Å². The van der Waals surface area contributed by atoms with Crippen LogP contribution in [0.1, 0.15) is 6.42 Å². The van der Waals surface area contributed by atoms with Gasteiger partial charge in [-0.05, 0) is 34.9 Å². The fourth-order valence-corrected chi connectivity index (χ4v) is 4.54. The van der Waals surface area contributed by atoms with Crippen molar-refractivity contribution in [2.24, 2.45) is 5.92 Å². The van der Waals surface area contributed by atoms with Crippen LogP contribution in [0.4, 0.5) is 5.69 Å². The molecule has 1 aliphatic heterocycles. The van der Waals surface area contributed by atoms with E-state index in [9.17, 15) is 8.42 Å². The highest BCUT2D eigenvalue weighted by molar-refractivity contribution is 7.91. The van der Waals surface area contributed by atoms with Gasteiger partial charge in [-0.3, -0.25) is 0 Å². The normalized spacial score (nSPS) is 20.7. The molecule has 1 aromatic heterocycles. The summed E-state index contributed by atoms with van der Waals surface area (Å²) >= 11 is 6.01. The Bertz CT molecular complexity index is 774. The van der Waals surface area contributed by atoms with E-state index >= 15 is 0 Å². The maximum Gasteiger partial charge on any atom is 0.184 e. The number of halogens is 1. The van der Waals surface area contributed by atoms with Crippen molar-refractivity contribution in [2.75, 3.05) is 17.2 Å². The van der Waals surface area contributed by atoms with Gasteiger partial charge in [0.05, 0.1) is 22.2 Å².